The van der Waals surface area contributed by atoms with Crippen molar-refractivity contribution in [3.63, 3.8) is 0 Å². The molecule has 0 heterocycles. The minimum atomic E-state index is -4.31. The molecule has 0 saturated heterocycles. The maximum Gasteiger partial charge on any atom is 0.562 e. The van der Waals surface area contributed by atoms with Crippen molar-refractivity contribution < 1.29 is 28.0 Å². The van der Waals surface area contributed by atoms with Crippen LogP contribution in [-0.4, -0.2) is 46.6 Å². The minimum Gasteiger partial charge on any atom is -0.590 e. The Balaban J connectivity index is 7.04. The molecule has 0 amide bonds. The third-order valence-corrected chi connectivity index (χ3v) is 3.13. The second kappa shape index (κ2) is 8.59. The van der Waals surface area contributed by atoms with Crippen molar-refractivity contribution in [3.05, 3.63) is 26.5 Å². The minimum absolute atomic E-state index is 0.203. The van der Waals surface area contributed by atoms with E-state index >= 15 is 0 Å². The van der Waals surface area contributed by atoms with Gasteiger partial charge in [0.15, 0.2) is 5.02 Å². The smallest absolute Gasteiger partial charge is 0.562 e. The summed E-state index contributed by atoms with van der Waals surface area (Å²) in [7, 11) is -4.31. The highest BCUT2D eigenvalue weighted by Gasteiger charge is 2.40. The number of hydrogen-bond acceptors (Lipinski definition) is 9. The molecule has 13 heteroatoms. The summed E-state index contributed by atoms with van der Waals surface area (Å²) < 4.78 is 24.3. The van der Waals surface area contributed by atoms with E-state index in [-0.39, 0.29) is 14.7 Å². The summed E-state index contributed by atoms with van der Waals surface area (Å²) >= 11 is 0. The van der Waals surface area contributed by atoms with Gasteiger partial charge in [0.2, 0.25) is 9.84 Å². The van der Waals surface area contributed by atoms with Crippen LogP contribution in [-0.2, 0) is 14.7 Å². The van der Waals surface area contributed by atoms with Crippen LogP contribution < -0.4 is 0 Å². The third kappa shape index (κ3) is 9.82. The molecule has 0 rings (SSSR count). The quantitative estimate of drug-likeness (QED) is 0.373. The summed E-state index contributed by atoms with van der Waals surface area (Å²) in [5, 5.41) is 45.8. The van der Waals surface area contributed by atoms with Gasteiger partial charge in [0.1, 0.15) is 11.1 Å². The van der Waals surface area contributed by atoms with E-state index in [0.717, 1.165) is 0 Å². The Morgan fingerprint density at radius 2 is 1.30 bits per heavy atom. The molecule has 0 radical (unpaired) electrons. The van der Waals surface area contributed by atoms with Crippen LogP contribution in [0.1, 0.15) is 55.4 Å². The molecule has 0 atom stereocenters. The van der Waals surface area contributed by atoms with E-state index in [1.807, 2.05) is 0 Å². The highest BCUT2D eigenvalue weighted by Crippen LogP contribution is 2.20. The SMILES string of the molecule is CC(C)O[N+]([O-])=NC(=C([N+]([O-])=NC(C)(C)C)[N+]([O-])=NC(C)(C)C)S(C)(=O)=O. The molecular formula is C14H28N6O6S. The molecule has 0 spiro atoms. The fourth-order valence-corrected chi connectivity index (χ4v) is 2.14. The molecule has 0 N–H and O–H groups in total. The van der Waals surface area contributed by atoms with Crippen LogP contribution in [0.15, 0.2) is 26.2 Å². The lowest BCUT2D eigenvalue weighted by Crippen LogP contribution is -2.25. The van der Waals surface area contributed by atoms with E-state index in [1.165, 1.54) is 13.8 Å². The number of azo groups is 2. The van der Waals surface area contributed by atoms with Crippen LogP contribution in [0.25, 0.3) is 0 Å². The van der Waals surface area contributed by atoms with Crippen molar-refractivity contribution >= 4 is 9.84 Å². The topological polar surface area (TPSA) is 159 Å². The normalized spacial score (nSPS) is 15.1. The summed E-state index contributed by atoms with van der Waals surface area (Å²) in [6.45, 7) is 12.4. The van der Waals surface area contributed by atoms with Gasteiger partial charge in [-0.2, -0.15) is 0 Å². The second-order valence-corrected chi connectivity index (χ2v) is 9.91. The van der Waals surface area contributed by atoms with Crippen molar-refractivity contribution in [2.45, 2.75) is 72.6 Å². The van der Waals surface area contributed by atoms with Gasteiger partial charge in [0, 0.05) is 16.0 Å². The number of sulfone groups is 1. The maximum atomic E-state index is 12.5. The van der Waals surface area contributed by atoms with E-state index in [2.05, 4.69) is 15.3 Å². The van der Waals surface area contributed by atoms with Crippen LogP contribution in [0, 0.1) is 15.6 Å². The van der Waals surface area contributed by atoms with E-state index in [9.17, 15) is 24.0 Å². The molecule has 0 aliphatic heterocycles. The summed E-state index contributed by atoms with van der Waals surface area (Å²) in [6.07, 6.45) is 0.0611. The molecule has 0 aromatic rings. The van der Waals surface area contributed by atoms with Gasteiger partial charge in [-0.1, -0.05) is 0 Å². The van der Waals surface area contributed by atoms with E-state index in [1.54, 1.807) is 41.5 Å². The van der Waals surface area contributed by atoms with Crippen molar-refractivity contribution in [2.24, 2.45) is 15.3 Å². The lowest BCUT2D eigenvalue weighted by atomic mass is 10.1. The van der Waals surface area contributed by atoms with Crippen molar-refractivity contribution in [2.75, 3.05) is 6.26 Å². The largest absolute Gasteiger partial charge is 0.590 e. The van der Waals surface area contributed by atoms with Gasteiger partial charge in [-0.05, 0) is 65.6 Å². The van der Waals surface area contributed by atoms with Crippen LogP contribution in [0.5, 0.6) is 0 Å². The van der Waals surface area contributed by atoms with Gasteiger partial charge < -0.3 is 15.3 Å². The third-order valence-electron chi connectivity index (χ3n) is 2.16. The van der Waals surface area contributed by atoms with Crippen molar-refractivity contribution in [1.29, 1.82) is 0 Å². The number of hydrogen-bond donors (Lipinski definition) is 0. The zero-order valence-corrected chi connectivity index (χ0v) is 17.9. The van der Waals surface area contributed by atoms with Gasteiger partial charge in [-0.25, -0.2) is 13.6 Å². The van der Waals surface area contributed by atoms with Crippen LogP contribution >= 0.6 is 0 Å². The zero-order valence-electron chi connectivity index (χ0n) is 17.1. The van der Waals surface area contributed by atoms with Gasteiger partial charge in [0.25, 0.3) is 0 Å². The molecule has 0 saturated carbocycles. The Morgan fingerprint density at radius 3 is 1.56 bits per heavy atom. The molecular weight excluding hydrogens is 380 g/mol. The monoisotopic (exact) mass is 408 g/mol. The number of nitrogens with zero attached hydrogens (tertiary/aromatic N) is 6. The summed E-state index contributed by atoms with van der Waals surface area (Å²) in [5.41, 5.74) is -1.91. The molecule has 0 aliphatic carbocycles. The number of hydroxylamine groups is 2. The molecule has 27 heavy (non-hydrogen) atoms. The molecule has 0 bridgehead atoms. The first-order valence-corrected chi connectivity index (χ1v) is 9.93. The lowest BCUT2D eigenvalue weighted by molar-refractivity contribution is -0.797. The predicted octanol–water partition coefficient (Wildman–Crippen LogP) is 2.98. The Hall–Kier alpha value is -2.31. The van der Waals surface area contributed by atoms with Gasteiger partial charge in [0.05, 0.1) is 11.2 Å². The first-order chi connectivity index (χ1) is 11.8. The van der Waals surface area contributed by atoms with Crippen LogP contribution in [0.4, 0.5) is 0 Å². The lowest BCUT2D eigenvalue weighted by Gasteiger charge is -2.12. The van der Waals surface area contributed by atoms with E-state index in [0.29, 0.717) is 6.26 Å². The molecule has 0 unspecified atom stereocenters. The molecule has 12 nitrogen and oxygen atoms in total. The average Bonchev–Trinajstić information content (AvgIpc) is 2.30. The highest BCUT2D eigenvalue weighted by atomic mass is 32.2. The summed E-state index contributed by atoms with van der Waals surface area (Å²) in [6, 6.07) is 0. The van der Waals surface area contributed by atoms with E-state index in [4.69, 9.17) is 4.84 Å². The Morgan fingerprint density at radius 1 is 0.926 bits per heavy atom. The molecule has 0 aromatic heterocycles. The van der Waals surface area contributed by atoms with Crippen LogP contribution in [0.3, 0.4) is 0 Å². The zero-order chi connectivity index (χ0) is 21.8. The Kier molecular flexibility index (Phi) is 7.85. The standard InChI is InChI=1S/C14H28N6O6S/c1-10(2)26-20(23)15-11(27(9,24)25)12(18(21)16-13(3,4)5)19(22)17-14(6,7)8/h10H,1-9H3. The summed E-state index contributed by atoms with van der Waals surface area (Å²) in [4.78, 5) is 4.29. The first kappa shape index (κ1) is 24.7. The Bertz CT molecular complexity index is 737. The molecule has 0 aliphatic rings. The fraction of sp³-hybridized carbons (Fsp3) is 0.857. The fourth-order valence-electron chi connectivity index (χ4n) is 1.44. The van der Waals surface area contributed by atoms with E-state index < -0.39 is 37.9 Å². The van der Waals surface area contributed by atoms with Gasteiger partial charge in [-0.15, -0.1) is 0 Å². The second-order valence-electron chi connectivity index (χ2n) is 7.98. The van der Waals surface area contributed by atoms with Gasteiger partial charge in [-0.3, -0.25) is 0 Å². The Labute approximate surface area is 159 Å². The molecule has 0 fully saturated rings. The van der Waals surface area contributed by atoms with Crippen LogP contribution in [0.2, 0.25) is 0 Å². The number of rotatable bonds is 6. The van der Waals surface area contributed by atoms with Crippen molar-refractivity contribution in [1.82, 2.24) is 0 Å². The summed E-state index contributed by atoms with van der Waals surface area (Å²) in [5.74, 6) is -1.07. The first-order valence-electron chi connectivity index (χ1n) is 8.03. The molecule has 156 valence electrons. The maximum absolute atomic E-state index is 12.5. The highest BCUT2D eigenvalue weighted by molar-refractivity contribution is 7.94. The van der Waals surface area contributed by atoms with Crippen molar-refractivity contribution in [3.8, 4) is 0 Å². The predicted molar refractivity (Wildman–Crippen MR) is 95.8 cm³/mol. The average molecular weight is 408 g/mol. The van der Waals surface area contributed by atoms with Gasteiger partial charge >= 0.3 is 10.9 Å². The molecule has 0 aromatic carbocycles.